The summed E-state index contributed by atoms with van der Waals surface area (Å²) in [7, 11) is 0. The summed E-state index contributed by atoms with van der Waals surface area (Å²) < 4.78 is 42.0. The van der Waals surface area contributed by atoms with Crippen molar-refractivity contribution < 1.29 is 22.8 Å². The van der Waals surface area contributed by atoms with Crippen molar-refractivity contribution in [2.24, 2.45) is 5.92 Å². The number of nitrogens with one attached hydrogen (secondary N) is 1. The van der Waals surface area contributed by atoms with Gasteiger partial charge in [-0.3, -0.25) is 9.59 Å². The van der Waals surface area contributed by atoms with Crippen molar-refractivity contribution in [1.29, 1.82) is 0 Å². The van der Waals surface area contributed by atoms with E-state index < -0.39 is 57.5 Å². The number of Topliss-reactive ketones (excluding diaryl/α,β-unsaturated/α-hetero) is 1. The summed E-state index contributed by atoms with van der Waals surface area (Å²) in [6.45, 7) is 0. The van der Waals surface area contributed by atoms with Crippen LogP contribution in [0.3, 0.4) is 0 Å². The minimum atomic E-state index is -3.28. The Morgan fingerprint density at radius 2 is 1.57 bits per heavy atom. The number of halogens is 8. The van der Waals surface area contributed by atoms with E-state index in [2.05, 4.69) is 5.32 Å². The summed E-state index contributed by atoms with van der Waals surface area (Å²) >= 11 is 30.7. The van der Waals surface area contributed by atoms with Gasteiger partial charge in [-0.25, -0.2) is 13.2 Å². The summed E-state index contributed by atoms with van der Waals surface area (Å²) in [4.78, 5) is 25.7. The molecule has 0 aliphatic heterocycles. The van der Waals surface area contributed by atoms with E-state index in [9.17, 15) is 22.8 Å². The highest BCUT2D eigenvalue weighted by atomic mass is 35.5. The van der Waals surface area contributed by atoms with E-state index in [0.717, 1.165) is 12.1 Å². The van der Waals surface area contributed by atoms with E-state index in [1.54, 1.807) is 18.2 Å². The topological polar surface area (TPSA) is 46.2 Å². The van der Waals surface area contributed by atoms with Crippen molar-refractivity contribution in [3.63, 3.8) is 0 Å². The minimum absolute atomic E-state index is 0.107. The highest BCUT2D eigenvalue weighted by Crippen LogP contribution is 2.65. The molecule has 4 rings (SSSR count). The van der Waals surface area contributed by atoms with Crippen LogP contribution in [0, 0.1) is 11.7 Å². The Hall–Kier alpha value is -1.96. The Balaban J connectivity index is 1.50. The molecular weight excluding hydrogens is 593 g/mol. The third kappa shape index (κ3) is 6.04. The SMILES string of the molecule is O=C(CCC(F)(F)c1ccccc1)c1cc(NC(=O)C2C(c3cc(Cl)cc(Cl)c3)C2(Cl)Cl)cc(F)c1Cl. The van der Waals surface area contributed by atoms with E-state index >= 15 is 0 Å². The van der Waals surface area contributed by atoms with Crippen molar-refractivity contribution in [1.82, 2.24) is 0 Å². The van der Waals surface area contributed by atoms with Crippen LogP contribution in [-0.2, 0) is 10.7 Å². The van der Waals surface area contributed by atoms with Crippen molar-refractivity contribution in [3.05, 3.63) is 98.2 Å². The van der Waals surface area contributed by atoms with E-state index in [1.807, 2.05) is 0 Å². The standard InChI is InChI=1S/C26H17Cl5F3NO2/c27-15-8-13(9-16(28)10-15)21-22(26(21,30)31)24(37)35-17-11-18(23(29)19(32)12-17)20(36)6-7-25(33,34)14-4-2-1-3-5-14/h1-5,8-12,21-22H,6-7H2,(H,35,37). The smallest absolute Gasteiger partial charge is 0.273 e. The van der Waals surface area contributed by atoms with E-state index in [-0.39, 0.29) is 16.8 Å². The number of carbonyl (C=O) groups excluding carboxylic acids is 2. The predicted octanol–water partition coefficient (Wildman–Crippen LogP) is 9.07. The average Bonchev–Trinajstić information content (AvgIpc) is 3.41. The molecule has 1 N–H and O–H groups in total. The average molecular weight is 610 g/mol. The fourth-order valence-electron chi connectivity index (χ4n) is 4.14. The van der Waals surface area contributed by atoms with Crippen LogP contribution in [-0.4, -0.2) is 16.0 Å². The van der Waals surface area contributed by atoms with E-state index in [0.29, 0.717) is 15.6 Å². The zero-order chi connectivity index (χ0) is 27.1. The van der Waals surface area contributed by atoms with Gasteiger partial charge in [0.05, 0.1) is 10.9 Å². The molecule has 2 atom stereocenters. The van der Waals surface area contributed by atoms with Gasteiger partial charge in [-0.2, -0.15) is 0 Å². The Morgan fingerprint density at radius 3 is 2.19 bits per heavy atom. The van der Waals surface area contributed by atoms with Gasteiger partial charge in [0.2, 0.25) is 5.91 Å². The zero-order valence-corrected chi connectivity index (χ0v) is 22.5. The number of alkyl halides is 4. The number of benzene rings is 3. The molecule has 3 nitrogen and oxygen atoms in total. The summed E-state index contributed by atoms with van der Waals surface area (Å²) in [5.41, 5.74) is -0.145. The van der Waals surface area contributed by atoms with Gasteiger partial charge in [0.25, 0.3) is 5.92 Å². The maximum Gasteiger partial charge on any atom is 0.273 e. The lowest BCUT2D eigenvalue weighted by molar-refractivity contribution is -0.117. The van der Waals surface area contributed by atoms with Crippen LogP contribution in [0.2, 0.25) is 15.1 Å². The lowest BCUT2D eigenvalue weighted by atomic mass is 9.99. The number of hydrogen-bond acceptors (Lipinski definition) is 2. The summed E-state index contributed by atoms with van der Waals surface area (Å²) in [5.74, 6) is -7.32. The Morgan fingerprint density at radius 1 is 0.946 bits per heavy atom. The molecule has 1 aliphatic rings. The quantitative estimate of drug-likeness (QED) is 0.205. The molecule has 0 saturated heterocycles. The number of rotatable bonds is 8. The third-order valence-corrected chi connectivity index (χ3v) is 7.80. The predicted molar refractivity (Wildman–Crippen MR) is 141 cm³/mol. The second kappa shape index (κ2) is 10.7. The molecule has 0 bridgehead atoms. The van der Waals surface area contributed by atoms with Crippen LogP contribution < -0.4 is 5.32 Å². The number of hydrogen-bond donors (Lipinski definition) is 1. The Labute approximate surface area is 235 Å². The molecule has 11 heteroatoms. The number of carbonyl (C=O) groups is 2. The Bertz CT molecular complexity index is 1350. The highest BCUT2D eigenvalue weighted by molar-refractivity contribution is 6.53. The first-order valence-corrected chi connectivity index (χ1v) is 12.8. The van der Waals surface area contributed by atoms with Crippen LogP contribution >= 0.6 is 58.0 Å². The first-order chi connectivity index (χ1) is 17.3. The van der Waals surface area contributed by atoms with Crippen LogP contribution in [0.1, 0.15) is 40.2 Å². The molecule has 0 radical (unpaired) electrons. The van der Waals surface area contributed by atoms with Crippen molar-refractivity contribution in [2.45, 2.75) is 29.0 Å². The van der Waals surface area contributed by atoms with Gasteiger partial charge in [0, 0.05) is 45.6 Å². The third-order valence-electron chi connectivity index (χ3n) is 6.04. The summed E-state index contributed by atoms with van der Waals surface area (Å²) in [6, 6.07) is 13.7. The van der Waals surface area contributed by atoms with Crippen LogP contribution in [0.4, 0.5) is 18.9 Å². The molecule has 3 aromatic rings. The van der Waals surface area contributed by atoms with Crippen molar-refractivity contribution >= 4 is 75.4 Å². The van der Waals surface area contributed by atoms with E-state index in [4.69, 9.17) is 58.0 Å². The van der Waals surface area contributed by atoms with Crippen LogP contribution in [0.5, 0.6) is 0 Å². The zero-order valence-electron chi connectivity index (χ0n) is 18.7. The molecule has 0 spiro atoms. The number of ketones is 1. The summed E-state index contributed by atoms with van der Waals surface area (Å²) in [6.07, 6.45) is -1.41. The molecular formula is C26H17Cl5F3NO2. The molecule has 0 heterocycles. The van der Waals surface area contributed by atoms with Gasteiger partial charge < -0.3 is 5.32 Å². The van der Waals surface area contributed by atoms with Gasteiger partial charge in [0.15, 0.2) is 5.78 Å². The lowest BCUT2D eigenvalue weighted by Crippen LogP contribution is -2.18. The first-order valence-electron chi connectivity index (χ1n) is 10.9. The minimum Gasteiger partial charge on any atom is -0.326 e. The van der Waals surface area contributed by atoms with E-state index in [1.165, 1.54) is 30.3 Å². The fraction of sp³-hybridized carbons (Fsp3) is 0.231. The van der Waals surface area contributed by atoms with Gasteiger partial charge in [-0.1, -0.05) is 65.1 Å². The number of anilines is 1. The second-order valence-corrected chi connectivity index (χ2v) is 11.3. The van der Waals surface area contributed by atoms with Gasteiger partial charge in [-0.15, -0.1) is 23.2 Å². The fourth-order valence-corrected chi connectivity index (χ4v) is 5.72. The molecule has 1 amide bonds. The Kier molecular flexibility index (Phi) is 8.08. The maximum atomic E-state index is 14.5. The van der Waals surface area contributed by atoms with Gasteiger partial charge in [0.1, 0.15) is 10.2 Å². The molecule has 2 unspecified atom stereocenters. The summed E-state index contributed by atoms with van der Waals surface area (Å²) in [5, 5.41) is 2.61. The maximum absolute atomic E-state index is 14.5. The highest BCUT2D eigenvalue weighted by Gasteiger charge is 2.67. The normalized spacial score (nSPS) is 18.4. The molecule has 3 aromatic carbocycles. The molecule has 1 saturated carbocycles. The van der Waals surface area contributed by atoms with Crippen LogP contribution in [0.25, 0.3) is 0 Å². The van der Waals surface area contributed by atoms with Crippen molar-refractivity contribution in [3.8, 4) is 0 Å². The van der Waals surface area contributed by atoms with Gasteiger partial charge >= 0.3 is 0 Å². The molecule has 1 aliphatic carbocycles. The second-order valence-electron chi connectivity index (χ2n) is 8.64. The van der Waals surface area contributed by atoms with Crippen LogP contribution in [0.15, 0.2) is 60.7 Å². The van der Waals surface area contributed by atoms with Crippen molar-refractivity contribution in [2.75, 3.05) is 5.32 Å². The lowest BCUT2D eigenvalue weighted by Gasteiger charge is -2.16. The first kappa shape index (κ1) is 28.1. The van der Waals surface area contributed by atoms with Gasteiger partial charge in [-0.05, 0) is 35.9 Å². The molecule has 0 aromatic heterocycles. The number of amides is 1. The molecule has 194 valence electrons. The molecule has 1 fully saturated rings. The monoisotopic (exact) mass is 607 g/mol. The molecule has 37 heavy (non-hydrogen) atoms. The largest absolute Gasteiger partial charge is 0.326 e.